The van der Waals surface area contributed by atoms with E-state index in [4.69, 9.17) is 0 Å². The number of amides is 1. The summed E-state index contributed by atoms with van der Waals surface area (Å²) in [5.41, 5.74) is 1.54. The lowest BCUT2D eigenvalue weighted by molar-refractivity contribution is -0.120. The molecule has 7 heteroatoms. The first-order valence-corrected chi connectivity index (χ1v) is 9.01. The first-order valence-electron chi connectivity index (χ1n) is 6.37. The van der Waals surface area contributed by atoms with E-state index in [9.17, 15) is 13.2 Å². The SMILES string of the molecule is C=CCNC(=O)CCN(c1ccc(C)cc1Br)S(C)(=O)=O. The normalized spacial score (nSPS) is 11.0. The van der Waals surface area contributed by atoms with Gasteiger partial charge in [0.15, 0.2) is 0 Å². The van der Waals surface area contributed by atoms with E-state index in [2.05, 4.69) is 27.8 Å². The van der Waals surface area contributed by atoms with Gasteiger partial charge in [0.2, 0.25) is 15.9 Å². The van der Waals surface area contributed by atoms with Crippen molar-refractivity contribution in [1.29, 1.82) is 0 Å². The summed E-state index contributed by atoms with van der Waals surface area (Å²) >= 11 is 3.37. The number of nitrogens with one attached hydrogen (secondary N) is 1. The van der Waals surface area contributed by atoms with Crippen molar-refractivity contribution < 1.29 is 13.2 Å². The largest absolute Gasteiger partial charge is 0.353 e. The molecule has 0 bridgehead atoms. The van der Waals surface area contributed by atoms with E-state index in [1.54, 1.807) is 12.1 Å². The quantitative estimate of drug-likeness (QED) is 0.744. The Morgan fingerprint density at radius 2 is 2.14 bits per heavy atom. The highest BCUT2D eigenvalue weighted by Crippen LogP contribution is 2.29. The number of carbonyl (C=O) groups is 1. The zero-order chi connectivity index (χ0) is 16.0. The Hall–Kier alpha value is -1.34. The molecule has 0 aliphatic heterocycles. The fourth-order valence-corrected chi connectivity index (χ4v) is 3.52. The second-order valence-corrected chi connectivity index (χ2v) is 7.39. The maximum atomic E-state index is 12.0. The van der Waals surface area contributed by atoms with Crippen LogP contribution in [0, 0.1) is 6.92 Å². The summed E-state index contributed by atoms with van der Waals surface area (Å²) in [7, 11) is -3.47. The molecule has 0 fully saturated rings. The van der Waals surface area contributed by atoms with Crippen molar-refractivity contribution in [3.8, 4) is 0 Å². The Bertz CT molecular complexity index is 629. The van der Waals surface area contributed by atoms with E-state index in [1.807, 2.05) is 19.1 Å². The van der Waals surface area contributed by atoms with Crippen LogP contribution in [0.3, 0.4) is 0 Å². The maximum absolute atomic E-state index is 12.0. The minimum Gasteiger partial charge on any atom is -0.353 e. The first-order chi connectivity index (χ1) is 9.75. The molecule has 1 aromatic rings. The third-order valence-electron chi connectivity index (χ3n) is 2.76. The van der Waals surface area contributed by atoms with Crippen molar-refractivity contribution >= 4 is 37.5 Å². The van der Waals surface area contributed by atoms with Crippen molar-refractivity contribution in [3.63, 3.8) is 0 Å². The summed E-state index contributed by atoms with van der Waals surface area (Å²) in [5.74, 6) is -0.216. The Balaban J connectivity index is 2.92. The Morgan fingerprint density at radius 1 is 1.48 bits per heavy atom. The topological polar surface area (TPSA) is 66.5 Å². The highest BCUT2D eigenvalue weighted by atomic mass is 79.9. The standard InChI is InChI=1S/C14H19BrN2O3S/c1-4-8-16-14(18)7-9-17(21(3,19)20)13-6-5-11(2)10-12(13)15/h4-6,10H,1,7-9H2,2-3H3,(H,16,18). The highest BCUT2D eigenvalue weighted by Gasteiger charge is 2.20. The van der Waals surface area contributed by atoms with E-state index in [0.29, 0.717) is 16.7 Å². The van der Waals surface area contributed by atoms with Gasteiger partial charge >= 0.3 is 0 Å². The lowest BCUT2D eigenvalue weighted by Gasteiger charge is -2.23. The van der Waals surface area contributed by atoms with Gasteiger partial charge in [-0.3, -0.25) is 9.10 Å². The van der Waals surface area contributed by atoms with Gasteiger partial charge in [-0.1, -0.05) is 12.1 Å². The summed E-state index contributed by atoms with van der Waals surface area (Å²) in [6.07, 6.45) is 2.78. The molecular formula is C14H19BrN2O3S. The summed E-state index contributed by atoms with van der Waals surface area (Å²) in [6, 6.07) is 5.39. The van der Waals surface area contributed by atoms with Gasteiger partial charge in [-0.05, 0) is 40.5 Å². The molecule has 5 nitrogen and oxygen atoms in total. The summed E-state index contributed by atoms with van der Waals surface area (Å²) in [5, 5.41) is 2.62. The predicted octanol–water partition coefficient (Wildman–Crippen LogP) is 2.22. The van der Waals surface area contributed by atoms with Crippen LogP contribution in [0.2, 0.25) is 0 Å². The molecule has 1 N–H and O–H groups in total. The molecule has 1 amide bonds. The third-order valence-corrected chi connectivity index (χ3v) is 4.57. The van der Waals surface area contributed by atoms with Gasteiger partial charge in [-0.25, -0.2) is 8.42 Å². The minimum atomic E-state index is -3.47. The molecule has 116 valence electrons. The number of sulfonamides is 1. The van der Waals surface area contributed by atoms with Gasteiger partial charge in [0.25, 0.3) is 0 Å². The Labute approximate surface area is 134 Å². The summed E-state index contributed by atoms with van der Waals surface area (Å²) < 4.78 is 25.8. The van der Waals surface area contributed by atoms with Crippen molar-refractivity contribution in [1.82, 2.24) is 5.32 Å². The van der Waals surface area contributed by atoms with Gasteiger partial charge < -0.3 is 5.32 Å². The minimum absolute atomic E-state index is 0.0846. The van der Waals surface area contributed by atoms with E-state index in [0.717, 1.165) is 11.8 Å². The third kappa shape index (κ3) is 5.51. The van der Waals surface area contributed by atoms with E-state index >= 15 is 0 Å². The molecule has 0 aliphatic rings. The van der Waals surface area contributed by atoms with Gasteiger partial charge in [0.05, 0.1) is 11.9 Å². The van der Waals surface area contributed by atoms with Crippen molar-refractivity contribution in [3.05, 3.63) is 40.9 Å². The number of aryl methyl sites for hydroxylation is 1. The number of hydrogen-bond donors (Lipinski definition) is 1. The second kappa shape index (κ2) is 7.61. The first kappa shape index (κ1) is 17.7. The monoisotopic (exact) mass is 374 g/mol. The molecule has 21 heavy (non-hydrogen) atoms. The molecule has 0 saturated carbocycles. The molecule has 0 unspecified atom stereocenters. The number of hydrogen-bond acceptors (Lipinski definition) is 3. The number of rotatable bonds is 7. The van der Waals surface area contributed by atoms with Gasteiger partial charge in [-0.15, -0.1) is 6.58 Å². The van der Waals surface area contributed by atoms with Crippen LogP contribution in [-0.2, 0) is 14.8 Å². The molecule has 1 rings (SSSR count). The predicted molar refractivity (Wildman–Crippen MR) is 88.9 cm³/mol. The van der Waals surface area contributed by atoms with Crippen LogP contribution in [0.4, 0.5) is 5.69 Å². The molecule has 1 aromatic carbocycles. The number of anilines is 1. The van der Waals surface area contributed by atoms with E-state index < -0.39 is 10.0 Å². The molecule has 0 atom stereocenters. The van der Waals surface area contributed by atoms with Crippen molar-refractivity contribution in [2.75, 3.05) is 23.7 Å². The van der Waals surface area contributed by atoms with Crippen molar-refractivity contribution in [2.24, 2.45) is 0 Å². The molecule has 0 aromatic heterocycles. The summed E-state index contributed by atoms with van der Waals surface area (Å²) in [4.78, 5) is 11.6. The Morgan fingerprint density at radius 3 is 2.67 bits per heavy atom. The zero-order valence-corrected chi connectivity index (χ0v) is 14.5. The van der Waals surface area contributed by atoms with Crippen LogP contribution in [0.15, 0.2) is 35.3 Å². The molecule has 0 spiro atoms. The average molecular weight is 375 g/mol. The average Bonchev–Trinajstić information content (AvgIpc) is 2.37. The van der Waals surface area contributed by atoms with Crippen LogP contribution >= 0.6 is 15.9 Å². The Kier molecular flexibility index (Phi) is 6.42. The van der Waals surface area contributed by atoms with Gasteiger partial charge in [-0.2, -0.15) is 0 Å². The smallest absolute Gasteiger partial charge is 0.232 e. The van der Waals surface area contributed by atoms with Gasteiger partial charge in [0.1, 0.15) is 0 Å². The van der Waals surface area contributed by atoms with E-state index in [-0.39, 0.29) is 18.9 Å². The number of nitrogens with zero attached hydrogens (tertiary/aromatic N) is 1. The maximum Gasteiger partial charge on any atom is 0.232 e. The van der Waals surface area contributed by atoms with Crippen LogP contribution in [0.25, 0.3) is 0 Å². The summed E-state index contributed by atoms with van der Waals surface area (Å²) in [6.45, 7) is 5.88. The lowest BCUT2D eigenvalue weighted by atomic mass is 10.2. The molecular weight excluding hydrogens is 356 g/mol. The fourth-order valence-electron chi connectivity index (χ4n) is 1.76. The number of halogens is 1. The van der Waals surface area contributed by atoms with Crippen molar-refractivity contribution in [2.45, 2.75) is 13.3 Å². The van der Waals surface area contributed by atoms with Crippen LogP contribution in [0.5, 0.6) is 0 Å². The molecule has 0 heterocycles. The van der Waals surface area contributed by atoms with Gasteiger partial charge in [0, 0.05) is 24.0 Å². The molecule has 0 aliphatic carbocycles. The second-order valence-electron chi connectivity index (χ2n) is 4.63. The number of benzene rings is 1. The molecule has 0 saturated heterocycles. The molecule has 0 radical (unpaired) electrons. The van der Waals surface area contributed by atoms with Crippen LogP contribution in [-0.4, -0.2) is 33.7 Å². The highest BCUT2D eigenvalue weighted by molar-refractivity contribution is 9.10. The van der Waals surface area contributed by atoms with Crippen LogP contribution < -0.4 is 9.62 Å². The van der Waals surface area contributed by atoms with E-state index in [1.165, 1.54) is 4.31 Å². The zero-order valence-electron chi connectivity index (χ0n) is 12.1. The number of carbonyl (C=O) groups excluding carboxylic acids is 1. The van der Waals surface area contributed by atoms with Crippen LogP contribution in [0.1, 0.15) is 12.0 Å². The lowest BCUT2D eigenvalue weighted by Crippen LogP contribution is -2.34. The fraction of sp³-hybridized carbons (Fsp3) is 0.357.